The van der Waals surface area contributed by atoms with Crippen LogP contribution >= 0.6 is 12.4 Å². The normalized spacial score (nSPS) is 19.8. The lowest BCUT2D eigenvalue weighted by molar-refractivity contribution is -0.390. The summed E-state index contributed by atoms with van der Waals surface area (Å²) in [6.45, 7) is 2.78. The summed E-state index contributed by atoms with van der Waals surface area (Å²) in [5.74, 6) is -1.15. The summed E-state index contributed by atoms with van der Waals surface area (Å²) >= 11 is 0. The second kappa shape index (κ2) is 6.65. The third kappa shape index (κ3) is 3.31. The van der Waals surface area contributed by atoms with E-state index in [1.807, 2.05) is 0 Å². The maximum absolute atomic E-state index is 13.6. The van der Waals surface area contributed by atoms with Crippen molar-refractivity contribution in [2.75, 3.05) is 19.6 Å². The van der Waals surface area contributed by atoms with Gasteiger partial charge in [0.25, 0.3) is 0 Å². The second-order valence-electron chi connectivity index (χ2n) is 4.51. The van der Waals surface area contributed by atoms with E-state index in [1.165, 1.54) is 0 Å². The average Bonchev–Trinajstić information content (AvgIpc) is 2.38. The predicted molar refractivity (Wildman–Crippen MR) is 76.5 cm³/mol. The van der Waals surface area contributed by atoms with Crippen molar-refractivity contribution in [3.8, 4) is 0 Å². The Balaban J connectivity index is 0.00000220. The van der Waals surface area contributed by atoms with Gasteiger partial charge < -0.3 is 5.32 Å². The van der Waals surface area contributed by atoms with Crippen LogP contribution in [0.25, 0.3) is 0 Å². The van der Waals surface area contributed by atoms with Crippen molar-refractivity contribution in [1.29, 1.82) is 0 Å². The topological polar surface area (TPSA) is 92.6 Å². The van der Waals surface area contributed by atoms with Gasteiger partial charge in [-0.05, 0) is 19.1 Å². The van der Waals surface area contributed by atoms with Crippen molar-refractivity contribution in [1.82, 2.24) is 9.62 Å². The van der Waals surface area contributed by atoms with Gasteiger partial charge in [0.2, 0.25) is 15.8 Å². The van der Waals surface area contributed by atoms with Crippen LogP contribution in [0.1, 0.15) is 6.92 Å². The predicted octanol–water partition coefficient (Wildman–Crippen LogP) is 1.14. The van der Waals surface area contributed by atoms with E-state index in [4.69, 9.17) is 0 Å². The van der Waals surface area contributed by atoms with Gasteiger partial charge in [-0.3, -0.25) is 10.1 Å². The molecule has 1 atom stereocenters. The van der Waals surface area contributed by atoms with Gasteiger partial charge in [-0.1, -0.05) is 6.07 Å². The molecule has 0 saturated carbocycles. The molecule has 0 bridgehead atoms. The molecule has 2 rings (SSSR count). The summed E-state index contributed by atoms with van der Waals surface area (Å²) in [5.41, 5.74) is -1.00. The largest absolute Gasteiger partial charge is 0.324 e. The number of piperazine rings is 1. The number of hydrogen-bond donors (Lipinski definition) is 1. The van der Waals surface area contributed by atoms with Crippen LogP contribution in [0.15, 0.2) is 23.1 Å². The van der Waals surface area contributed by atoms with E-state index in [-0.39, 0.29) is 25.0 Å². The van der Waals surface area contributed by atoms with E-state index >= 15 is 0 Å². The van der Waals surface area contributed by atoms with Crippen LogP contribution in [0, 0.1) is 15.9 Å². The van der Waals surface area contributed by atoms with Crippen LogP contribution < -0.4 is 5.32 Å². The Bertz CT molecular complexity index is 640. The molecule has 0 spiro atoms. The molecular formula is C11H15ClFN3O4S. The minimum absolute atomic E-state index is 0. The van der Waals surface area contributed by atoms with Crippen LogP contribution in [-0.4, -0.2) is 43.3 Å². The van der Waals surface area contributed by atoms with E-state index in [0.717, 1.165) is 22.5 Å². The number of nitro benzene ring substituents is 1. The fourth-order valence-corrected chi connectivity index (χ4v) is 3.99. The molecule has 1 saturated heterocycles. The van der Waals surface area contributed by atoms with E-state index < -0.39 is 31.3 Å². The van der Waals surface area contributed by atoms with Crippen LogP contribution in [0.4, 0.5) is 10.1 Å². The molecule has 0 aliphatic carbocycles. The lowest BCUT2D eigenvalue weighted by atomic mass is 10.3. The third-order valence-electron chi connectivity index (χ3n) is 3.16. The number of nitro groups is 1. The Hall–Kier alpha value is -1.29. The molecule has 1 aliphatic rings. The number of nitrogens with zero attached hydrogens (tertiary/aromatic N) is 2. The number of halogens is 2. The first-order chi connectivity index (χ1) is 9.35. The van der Waals surface area contributed by atoms with Gasteiger partial charge in [-0.25, -0.2) is 8.42 Å². The minimum Gasteiger partial charge on any atom is -0.314 e. The molecule has 1 N–H and O–H groups in total. The molecular weight excluding hydrogens is 325 g/mol. The highest BCUT2D eigenvalue weighted by molar-refractivity contribution is 7.89. The summed E-state index contributed by atoms with van der Waals surface area (Å²) in [6, 6.07) is 2.74. The Labute approximate surface area is 127 Å². The van der Waals surface area contributed by atoms with Gasteiger partial charge >= 0.3 is 5.69 Å². The zero-order valence-corrected chi connectivity index (χ0v) is 12.8. The van der Waals surface area contributed by atoms with Gasteiger partial charge in [0, 0.05) is 25.7 Å². The first-order valence-electron chi connectivity index (χ1n) is 6.01. The number of para-hydroxylation sites is 1. The molecule has 7 nitrogen and oxygen atoms in total. The smallest absolute Gasteiger partial charge is 0.314 e. The van der Waals surface area contributed by atoms with E-state index in [9.17, 15) is 22.9 Å². The number of rotatable bonds is 3. The first-order valence-corrected chi connectivity index (χ1v) is 7.45. The number of benzene rings is 1. The monoisotopic (exact) mass is 339 g/mol. The summed E-state index contributed by atoms with van der Waals surface area (Å²) in [5, 5.41) is 13.9. The van der Waals surface area contributed by atoms with Crippen LogP contribution in [0.5, 0.6) is 0 Å². The Morgan fingerprint density at radius 2 is 2.14 bits per heavy atom. The molecule has 1 unspecified atom stereocenters. The molecule has 0 aromatic heterocycles. The van der Waals surface area contributed by atoms with Gasteiger partial charge in [0.15, 0.2) is 4.90 Å². The first kappa shape index (κ1) is 17.8. The average molecular weight is 340 g/mol. The molecule has 1 aliphatic heterocycles. The SMILES string of the molecule is CC1CNCCN1S(=O)(=O)c1cccc(F)c1[N+](=O)[O-].Cl. The van der Waals surface area contributed by atoms with Crippen LogP contribution in [-0.2, 0) is 10.0 Å². The third-order valence-corrected chi connectivity index (χ3v) is 5.20. The quantitative estimate of drug-likeness (QED) is 0.658. The molecule has 1 fully saturated rings. The summed E-state index contributed by atoms with van der Waals surface area (Å²) < 4.78 is 39.7. The lowest BCUT2D eigenvalue weighted by Crippen LogP contribution is -2.52. The van der Waals surface area contributed by atoms with Gasteiger partial charge in [0.05, 0.1) is 4.92 Å². The fourth-order valence-electron chi connectivity index (χ4n) is 2.19. The molecule has 1 aromatic carbocycles. The Kier molecular flexibility index (Phi) is 5.62. The number of sulfonamides is 1. The zero-order chi connectivity index (χ0) is 14.9. The van der Waals surface area contributed by atoms with E-state index in [1.54, 1.807) is 6.92 Å². The Morgan fingerprint density at radius 3 is 2.71 bits per heavy atom. The molecule has 118 valence electrons. The molecule has 10 heteroatoms. The van der Waals surface area contributed by atoms with Gasteiger partial charge in [-0.15, -0.1) is 12.4 Å². The van der Waals surface area contributed by atoms with Crippen molar-refractivity contribution in [3.63, 3.8) is 0 Å². The van der Waals surface area contributed by atoms with E-state index in [0.29, 0.717) is 13.1 Å². The molecule has 1 heterocycles. The van der Waals surface area contributed by atoms with Gasteiger partial charge in [0.1, 0.15) is 0 Å². The highest BCUT2D eigenvalue weighted by atomic mass is 35.5. The standard InChI is InChI=1S/C11H14FN3O4S.ClH/c1-8-7-13-5-6-14(8)20(18,19)10-4-2-3-9(12)11(10)15(16)17;/h2-4,8,13H,5-7H2,1H3;1H. The van der Waals surface area contributed by atoms with Crippen molar-refractivity contribution >= 4 is 28.1 Å². The minimum atomic E-state index is -4.10. The highest BCUT2D eigenvalue weighted by Crippen LogP contribution is 2.30. The Morgan fingerprint density at radius 1 is 1.48 bits per heavy atom. The summed E-state index contributed by atoms with van der Waals surface area (Å²) in [7, 11) is -4.10. The van der Waals surface area contributed by atoms with Crippen LogP contribution in [0.3, 0.4) is 0 Å². The molecule has 1 aromatic rings. The van der Waals surface area contributed by atoms with Gasteiger partial charge in [-0.2, -0.15) is 8.70 Å². The number of hydrogen-bond acceptors (Lipinski definition) is 5. The summed E-state index contributed by atoms with van der Waals surface area (Å²) in [6.07, 6.45) is 0. The fraction of sp³-hybridized carbons (Fsp3) is 0.455. The lowest BCUT2D eigenvalue weighted by Gasteiger charge is -2.32. The van der Waals surface area contributed by atoms with Crippen molar-refractivity contribution < 1.29 is 17.7 Å². The number of nitrogens with one attached hydrogen (secondary N) is 1. The second-order valence-corrected chi connectivity index (χ2v) is 6.37. The van der Waals surface area contributed by atoms with Crippen molar-refractivity contribution in [3.05, 3.63) is 34.1 Å². The molecule has 0 amide bonds. The van der Waals surface area contributed by atoms with Crippen LogP contribution in [0.2, 0.25) is 0 Å². The summed E-state index contributed by atoms with van der Waals surface area (Å²) in [4.78, 5) is 9.32. The van der Waals surface area contributed by atoms with Crippen molar-refractivity contribution in [2.45, 2.75) is 17.9 Å². The molecule has 21 heavy (non-hydrogen) atoms. The maximum atomic E-state index is 13.6. The van der Waals surface area contributed by atoms with E-state index in [2.05, 4.69) is 5.32 Å². The highest BCUT2D eigenvalue weighted by Gasteiger charge is 2.37. The molecule has 0 radical (unpaired) electrons. The van der Waals surface area contributed by atoms with Crippen molar-refractivity contribution in [2.24, 2.45) is 0 Å². The zero-order valence-electron chi connectivity index (χ0n) is 11.2. The maximum Gasteiger partial charge on any atom is 0.324 e.